The lowest BCUT2D eigenvalue weighted by atomic mass is 10.1. The minimum absolute atomic E-state index is 0.0403. The molecular weight excluding hydrogens is 414 g/mol. The van der Waals surface area contributed by atoms with Gasteiger partial charge in [0.1, 0.15) is 29.1 Å². The molecule has 1 atom stereocenters. The summed E-state index contributed by atoms with van der Waals surface area (Å²) >= 11 is 0. The molecule has 0 radical (unpaired) electrons. The summed E-state index contributed by atoms with van der Waals surface area (Å²) in [5, 5.41) is 22.6. The van der Waals surface area contributed by atoms with Crippen molar-refractivity contribution in [3.63, 3.8) is 0 Å². The van der Waals surface area contributed by atoms with Crippen molar-refractivity contribution < 1.29 is 19.6 Å². The molecule has 0 saturated carbocycles. The SMILES string of the molecule is O=C1C(Cc2ccc(O)cc2)Nc2c(CCc3ccccc3)nc(-c3ccc(O)cc3)c[n+]21. The number of nitrogens with zero attached hydrogens (tertiary/aromatic N) is 2. The summed E-state index contributed by atoms with van der Waals surface area (Å²) in [5.41, 5.74) is 4.51. The normalized spacial score (nSPS) is 14.7. The molecular formula is C27H24N3O3+. The predicted molar refractivity (Wildman–Crippen MR) is 125 cm³/mol. The Balaban J connectivity index is 1.49. The number of nitrogens with one attached hydrogen (secondary N) is 1. The molecule has 0 spiro atoms. The van der Waals surface area contributed by atoms with E-state index in [2.05, 4.69) is 17.4 Å². The van der Waals surface area contributed by atoms with Gasteiger partial charge in [0, 0.05) is 18.4 Å². The van der Waals surface area contributed by atoms with Gasteiger partial charge in [0.2, 0.25) is 0 Å². The first-order valence-electron chi connectivity index (χ1n) is 10.9. The molecule has 164 valence electrons. The smallest absolute Gasteiger partial charge is 0.359 e. The van der Waals surface area contributed by atoms with Gasteiger partial charge in [0.05, 0.1) is 0 Å². The molecule has 2 heterocycles. The van der Waals surface area contributed by atoms with Crippen LogP contribution in [0.15, 0.2) is 85.1 Å². The zero-order valence-electron chi connectivity index (χ0n) is 18.0. The van der Waals surface area contributed by atoms with Crippen molar-refractivity contribution >= 4 is 11.7 Å². The predicted octanol–water partition coefficient (Wildman–Crippen LogP) is 3.91. The van der Waals surface area contributed by atoms with Crippen LogP contribution in [0.5, 0.6) is 11.5 Å². The highest BCUT2D eigenvalue weighted by Gasteiger charge is 2.40. The van der Waals surface area contributed by atoms with Crippen LogP contribution < -0.4 is 9.88 Å². The molecule has 33 heavy (non-hydrogen) atoms. The highest BCUT2D eigenvalue weighted by Crippen LogP contribution is 2.25. The molecule has 0 aliphatic carbocycles. The van der Waals surface area contributed by atoms with Gasteiger partial charge in [0.15, 0.2) is 6.04 Å². The zero-order valence-corrected chi connectivity index (χ0v) is 18.0. The number of rotatable bonds is 6. The third kappa shape index (κ3) is 4.41. The molecule has 0 saturated heterocycles. The number of aromatic hydroxyl groups is 2. The third-order valence-electron chi connectivity index (χ3n) is 5.90. The van der Waals surface area contributed by atoms with Crippen molar-refractivity contribution in [2.75, 3.05) is 5.32 Å². The van der Waals surface area contributed by atoms with Gasteiger partial charge in [-0.05, 0) is 53.9 Å². The van der Waals surface area contributed by atoms with E-state index in [1.807, 2.05) is 30.3 Å². The minimum atomic E-state index is -0.415. The topological polar surface area (TPSA) is 86.3 Å². The fraction of sp³-hybridized carbons (Fsp3) is 0.148. The lowest BCUT2D eigenvalue weighted by molar-refractivity contribution is -0.552. The molecule has 0 bridgehead atoms. The Morgan fingerprint density at radius 2 is 1.48 bits per heavy atom. The van der Waals surface area contributed by atoms with Gasteiger partial charge in [-0.1, -0.05) is 42.5 Å². The molecule has 0 fully saturated rings. The maximum atomic E-state index is 13.3. The van der Waals surface area contributed by atoms with E-state index in [9.17, 15) is 15.0 Å². The average Bonchev–Trinajstić information content (AvgIpc) is 3.15. The Bertz CT molecular complexity index is 1290. The number of hydrogen-bond donors (Lipinski definition) is 3. The molecule has 6 heteroatoms. The van der Waals surface area contributed by atoms with Gasteiger partial charge >= 0.3 is 11.7 Å². The van der Waals surface area contributed by atoms with E-state index in [1.54, 1.807) is 47.2 Å². The maximum Gasteiger partial charge on any atom is 0.359 e. The monoisotopic (exact) mass is 438 g/mol. The number of carbonyl (C=O) groups is 1. The fourth-order valence-electron chi connectivity index (χ4n) is 4.13. The van der Waals surface area contributed by atoms with Gasteiger partial charge in [-0.2, -0.15) is 4.57 Å². The number of aromatic nitrogens is 2. The molecule has 1 aliphatic heterocycles. The van der Waals surface area contributed by atoms with E-state index >= 15 is 0 Å². The number of anilines is 1. The first-order valence-corrected chi connectivity index (χ1v) is 10.9. The fourth-order valence-corrected chi connectivity index (χ4v) is 4.13. The van der Waals surface area contributed by atoms with Crippen molar-refractivity contribution in [1.82, 2.24) is 4.98 Å². The molecule has 3 aromatic carbocycles. The number of benzene rings is 3. The van der Waals surface area contributed by atoms with Crippen LogP contribution in [-0.4, -0.2) is 27.1 Å². The minimum Gasteiger partial charge on any atom is -0.508 e. The lowest BCUT2D eigenvalue weighted by Gasteiger charge is -2.07. The van der Waals surface area contributed by atoms with Crippen molar-refractivity contribution in [3.05, 3.63) is 102 Å². The third-order valence-corrected chi connectivity index (χ3v) is 5.90. The van der Waals surface area contributed by atoms with Crippen LogP contribution >= 0.6 is 0 Å². The van der Waals surface area contributed by atoms with Crippen molar-refractivity contribution in [3.8, 4) is 22.8 Å². The molecule has 4 aromatic rings. The summed E-state index contributed by atoms with van der Waals surface area (Å²) < 4.78 is 1.67. The van der Waals surface area contributed by atoms with E-state index in [4.69, 9.17) is 4.98 Å². The van der Waals surface area contributed by atoms with Crippen molar-refractivity contribution in [1.29, 1.82) is 0 Å². The van der Waals surface area contributed by atoms with Crippen LogP contribution in [0.1, 0.15) is 21.6 Å². The number of hydrogen-bond acceptors (Lipinski definition) is 5. The maximum absolute atomic E-state index is 13.3. The zero-order chi connectivity index (χ0) is 22.8. The summed E-state index contributed by atoms with van der Waals surface area (Å²) in [6.45, 7) is 0. The standard InChI is InChI=1S/C27H23N3O3/c31-21-11-6-19(7-12-21)16-24-27(33)30-17-25(20-9-13-22(32)14-10-20)28-23(26(30)29-24)15-8-18-4-2-1-3-5-18/h1-7,9-14,17,24,31-32H,8,15-16H2/p+1. The molecule has 0 amide bonds. The molecule has 5 rings (SSSR count). The number of fused-ring (bicyclic) bond motifs is 1. The molecule has 1 unspecified atom stereocenters. The summed E-state index contributed by atoms with van der Waals surface area (Å²) in [5.74, 6) is 1.07. The number of aryl methyl sites for hydroxylation is 2. The van der Waals surface area contributed by atoms with Crippen LogP contribution in [0.4, 0.5) is 5.82 Å². The van der Waals surface area contributed by atoms with Crippen LogP contribution in [0.3, 0.4) is 0 Å². The average molecular weight is 439 g/mol. The van der Waals surface area contributed by atoms with E-state index < -0.39 is 6.04 Å². The molecule has 6 nitrogen and oxygen atoms in total. The summed E-state index contributed by atoms with van der Waals surface area (Å²) in [4.78, 5) is 18.2. The highest BCUT2D eigenvalue weighted by molar-refractivity contribution is 5.82. The first-order chi connectivity index (χ1) is 16.1. The summed E-state index contributed by atoms with van der Waals surface area (Å²) in [6.07, 6.45) is 3.75. The van der Waals surface area contributed by atoms with Gasteiger partial charge in [-0.3, -0.25) is 5.32 Å². The van der Waals surface area contributed by atoms with Crippen molar-refractivity contribution in [2.24, 2.45) is 0 Å². The van der Waals surface area contributed by atoms with Crippen LogP contribution in [0.25, 0.3) is 11.3 Å². The van der Waals surface area contributed by atoms with Crippen LogP contribution in [0, 0.1) is 0 Å². The highest BCUT2D eigenvalue weighted by atomic mass is 16.3. The van der Waals surface area contributed by atoms with Gasteiger partial charge in [-0.25, -0.2) is 9.78 Å². The summed E-state index contributed by atoms with van der Waals surface area (Å²) in [7, 11) is 0. The Morgan fingerprint density at radius 1 is 0.818 bits per heavy atom. The van der Waals surface area contributed by atoms with Crippen molar-refractivity contribution in [2.45, 2.75) is 25.3 Å². The molecule has 1 aromatic heterocycles. The Labute approximate surface area is 191 Å². The molecule has 1 aliphatic rings. The number of carbonyl (C=O) groups excluding carboxylic acids is 1. The number of phenolic OH excluding ortho intramolecular Hbond substituents is 2. The van der Waals surface area contributed by atoms with Crippen LogP contribution in [-0.2, 0) is 19.3 Å². The molecule has 3 N–H and O–H groups in total. The largest absolute Gasteiger partial charge is 0.508 e. The lowest BCUT2D eigenvalue weighted by Crippen LogP contribution is -2.44. The first kappa shape index (κ1) is 20.7. The van der Waals surface area contributed by atoms with E-state index in [0.29, 0.717) is 18.5 Å². The second-order valence-electron chi connectivity index (χ2n) is 8.23. The second-order valence-corrected chi connectivity index (χ2v) is 8.23. The van der Waals surface area contributed by atoms with Gasteiger partial charge < -0.3 is 10.2 Å². The number of phenols is 2. The quantitative estimate of drug-likeness (QED) is 0.398. The van der Waals surface area contributed by atoms with E-state index in [1.165, 1.54) is 5.56 Å². The van der Waals surface area contributed by atoms with E-state index in [0.717, 1.165) is 29.1 Å². The second kappa shape index (κ2) is 8.74. The Kier molecular flexibility index (Phi) is 5.48. The van der Waals surface area contributed by atoms with Crippen LogP contribution in [0.2, 0.25) is 0 Å². The Hall–Kier alpha value is -4.19. The summed E-state index contributed by atoms with van der Waals surface area (Å²) in [6, 6.07) is 23.5. The van der Waals surface area contributed by atoms with Gasteiger partial charge in [-0.15, -0.1) is 0 Å². The van der Waals surface area contributed by atoms with E-state index in [-0.39, 0.29) is 17.4 Å². The van der Waals surface area contributed by atoms with Gasteiger partial charge in [0.25, 0.3) is 0 Å². The Morgan fingerprint density at radius 3 is 2.18 bits per heavy atom.